The average molecular weight is 413 g/mol. The highest BCUT2D eigenvalue weighted by Crippen LogP contribution is 2.27. The molecule has 1 aliphatic heterocycles. The number of benzene rings is 2. The van der Waals surface area contributed by atoms with Crippen molar-refractivity contribution in [2.45, 2.75) is 30.8 Å². The molecule has 152 valence electrons. The predicted molar refractivity (Wildman–Crippen MR) is 111 cm³/mol. The fourth-order valence-corrected chi connectivity index (χ4v) is 4.06. The monoisotopic (exact) mass is 413 g/mol. The molecule has 6 nitrogen and oxygen atoms in total. The summed E-state index contributed by atoms with van der Waals surface area (Å²) in [5.74, 6) is -0.237. The number of ketones is 1. The van der Waals surface area contributed by atoms with Crippen molar-refractivity contribution in [3.63, 3.8) is 0 Å². The summed E-state index contributed by atoms with van der Waals surface area (Å²) < 4.78 is 10.9. The van der Waals surface area contributed by atoms with Crippen LogP contribution < -0.4 is 5.32 Å². The van der Waals surface area contributed by atoms with E-state index in [1.807, 2.05) is 12.1 Å². The van der Waals surface area contributed by atoms with E-state index in [1.54, 1.807) is 48.2 Å². The lowest BCUT2D eigenvalue weighted by Crippen LogP contribution is -2.15. The van der Waals surface area contributed by atoms with Crippen molar-refractivity contribution in [2.24, 2.45) is 0 Å². The summed E-state index contributed by atoms with van der Waals surface area (Å²) in [7, 11) is 0. The van der Waals surface area contributed by atoms with Gasteiger partial charge in [-0.25, -0.2) is 4.79 Å². The van der Waals surface area contributed by atoms with E-state index in [0.29, 0.717) is 16.8 Å². The molecule has 0 unspecified atom stereocenters. The van der Waals surface area contributed by atoms with Gasteiger partial charge in [0.25, 0.3) is 0 Å². The van der Waals surface area contributed by atoms with Crippen molar-refractivity contribution in [1.82, 2.24) is 0 Å². The minimum absolute atomic E-state index is 0.186. The molecule has 3 rings (SSSR count). The van der Waals surface area contributed by atoms with Crippen LogP contribution in [0.2, 0.25) is 0 Å². The van der Waals surface area contributed by atoms with Crippen LogP contribution in [0.4, 0.5) is 5.69 Å². The van der Waals surface area contributed by atoms with Gasteiger partial charge in [-0.05, 0) is 49.2 Å². The van der Waals surface area contributed by atoms with Gasteiger partial charge in [0.15, 0.2) is 12.4 Å². The Morgan fingerprint density at radius 3 is 2.59 bits per heavy atom. The van der Waals surface area contributed by atoms with Crippen LogP contribution in [0.15, 0.2) is 53.4 Å². The largest absolute Gasteiger partial charge is 0.454 e. The molecule has 1 fully saturated rings. The number of amides is 1. The van der Waals surface area contributed by atoms with Crippen molar-refractivity contribution >= 4 is 35.1 Å². The normalized spacial score (nSPS) is 15.7. The Hall–Kier alpha value is -2.64. The van der Waals surface area contributed by atoms with Gasteiger partial charge in [-0.3, -0.25) is 9.59 Å². The van der Waals surface area contributed by atoms with Gasteiger partial charge < -0.3 is 14.8 Å². The molecular weight excluding hydrogens is 390 g/mol. The second kappa shape index (κ2) is 10.2. The molecule has 1 amide bonds. The molecule has 0 bridgehead atoms. The van der Waals surface area contributed by atoms with Crippen LogP contribution in [-0.4, -0.2) is 42.7 Å². The summed E-state index contributed by atoms with van der Waals surface area (Å²) in [5, 5.41) is 2.63. The van der Waals surface area contributed by atoms with Gasteiger partial charge in [0, 0.05) is 35.4 Å². The van der Waals surface area contributed by atoms with Crippen molar-refractivity contribution in [3.8, 4) is 0 Å². The zero-order chi connectivity index (χ0) is 20.6. The minimum Gasteiger partial charge on any atom is -0.454 e. The van der Waals surface area contributed by atoms with Gasteiger partial charge in [0.2, 0.25) is 5.91 Å². The molecule has 1 aliphatic rings. The Kier molecular flexibility index (Phi) is 7.43. The summed E-state index contributed by atoms with van der Waals surface area (Å²) >= 11 is 1.56. The Morgan fingerprint density at radius 1 is 1.14 bits per heavy atom. The number of thioether (sulfide) groups is 1. The van der Waals surface area contributed by atoms with E-state index in [0.717, 1.165) is 30.1 Å². The quantitative estimate of drug-likeness (QED) is 0.401. The SMILES string of the molecule is CC(=O)Nc1ccc(C(=O)COC(=O)c2ccccc2SC[C@@H]2CCCO2)cc1. The standard InChI is InChI=1S/C22H23NO5S/c1-15(24)23-17-10-8-16(9-11-17)20(25)13-28-22(26)19-6-2-3-7-21(19)29-14-18-5-4-12-27-18/h2-3,6-11,18H,4-5,12-14H2,1H3,(H,23,24)/t18-/m0/s1. The number of nitrogens with one attached hydrogen (secondary N) is 1. The molecule has 1 atom stereocenters. The third-order valence-electron chi connectivity index (χ3n) is 4.42. The van der Waals surface area contributed by atoms with Crippen molar-refractivity contribution in [3.05, 3.63) is 59.7 Å². The molecule has 0 spiro atoms. The van der Waals surface area contributed by atoms with Crippen molar-refractivity contribution in [2.75, 3.05) is 24.3 Å². The number of rotatable bonds is 8. The number of anilines is 1. The number of carbonyl (C=O) groups is 3. The van der Waals surface area contributed by atoms with Crippen molar-refractivity contribution < 1.29 is 23.9 Å². The third kappa shape index (κ3) is 6.17. The summed E-state index contributed by atoms with van der Waals surface area (Å²) in [6.07, 6.45) is 2.32. The fourth-order valence-electron chi connectivity index (χ4n) is 2.95. The third-order valence-corrected chi connectivity index (χ3v) is 5.62. The van der Waals surface area contributed by atoms with Crippen LogP contribution in [0.25, 0.3) is 0 Å². The van der Waals surface area contributed by atoms with Crippen LogP contribution in [0, 0.1) is 0 Å². The maximum absolute atomic E-state index is 12.5. The number of hydrogen-bond donors (Lipinski definition) is 1. The first-order chi connectivity index (χ1) is 14.0. The van der Waals surface area contributed by atoms with Crippen LogP contribution in [0.5, 0.6) is 0 Å². The molecular formula is C22H23NO5S. The Morgan fingerprint density at radius 2 is 1.90 bits per heavy atom. The summed E-state index contributed by atoms with van der Waals surface area (Å²) in [5.41, 5.74) is 1.46. The summed E-state index contributed by atoms with van der Waals surface area (Å²) in [6.45, 7) is 1.86. The number of esters is 1. The zero-order valence-corrected chi connectivity index (χ0v) is 17.0. The van der Waals surface area contributed by atoms with E-state index in [9.17, 15) is 14.4 Å². The first-order valence-electron chi connectivity index (χ1n) is 9.44. The number of Topliss-reactive ketones (excluding diaryl/α,β-unsaturated/α-hetero) is 1. The highest BCUT2D eigenvalue weighted by molar-refractivity contribution is 7.99. The molecule has 2 aromatic rings. The van der Waals surface area contributed by atoms with E-state index in [2.05, 4.69) is 5.32 Å². The smallest absolute Gasteiger partial charge is 0.339 e. The maximum atomic E-state index is 12.5. The minimum atomic E-state index is -0.524. The van der Waals surface area contributed by atoms with Gasteiger partial charge in [-0.1, -0.05) is 12.1 Å². The average Bonchev–Trinajstić information content (AvgIpc) is 3.24. The summed E-state index contributed by atoms with van der Waals surface area (Å²) in [6, 6.07) is 13.7. The molecule has 0 saturated carbocycles. The van der Waals surface area contributed by atoms with E-state index in [-0.39, 0.29) is 24.4 Å². The van der Waals surface area contributed by atoms with Crippen LogP contribution in [0.3, 0.4) is 0 Å². The van der Waals surface area contributed by atoms with Gasteiger partial charge in [-0.15, -0.1) is 11.8 Å². The number of hydrogen-bond acceptors (Lipinski definition) is 6. The molecule has 2 aromatic carbocycles. The fraction of sp³-hybridized carbons (Fsp3) is 0.318. The van der Waals surface area contributed by atoms with Gasteiger partial charge in [0.05, 0.1) is 11.7 Å². The van der Waals surface area contributed by atoms with Crippen LogP contribution in [0.1, 0.15) is 40.5 Å². The first kappa shape index (κ1) is 21.1. The molecule has 0 aromatic heterocycles. The van der Waals surface area contributed by atoms with E-state index in [4.69, 9.17) is 9.47 Å². The maximum Gasteiger partial charge on any atom is 0.339 e. The topological polar surface area (TPSA) is 81.7 Å². The van der Waals surface area contributed by atoms with Gasteiger partial charge in [-0.2, -0.15) is 0 Å². The number of carbonyl (C=O) groups excluding carboxylic acids is 3. The molecule has 1 saturated heterocycles. The van der Waals surface area contributed by atoms with Crippen molar-refractivity contribution in [1.29, 1.82) is 0 Å². The highest BCUT2D eigenvalue weighted by Gasteiger charge is 2.19. The Balaban J connectivity index is 1.56. The molecule has 1 heterocycles. The lowest BCUT2D eigenvalue weighted by Gasteiger charge is -2.12. The molecule has 7 heteroatoms. The molecule has 0 aliphatic carbocycles. The summed E-state index contributed by atoms with van der Waals surface area (Å²) in [4.78, 5) is 36.7. The molecule has 1 N–H and O–H groups in total. The number of ether oxygens (including phenoxy) is 2. The van der Waals surface area contributed by atoms with E-state index < -0.39 is 5.97 Å². The van der Waals surface area contributed by atoms with Gasteiger partial charge >= 0.3 is 5.97 Å². The van der Waals surface area contributed by atoms with E-state index >= 15 is 0 Å². The molecule has 0 radical (unpaired) electrons. The zero-order valence-electron chi connectivity index (χ0n) is 16.2. The lowest BCUT2D eigenvalue weighted by atomic mass is 10.1. The van der Waals surface area contributed by atoms with Gasteiger partial charge in [0.1, 0.15) is 0 Å². The van der Waals surface area contributed by atoms with Crippen LogP contribution >= 0.6 is 11.8 Å². The first-order valence-corrected chi connectivity index (χ1v) is 10.4. The second-order valence-electron chi connectivity index (χ2n) is 6.70. The molecule has 29 heavy (non-hydrogen) atoms. The Bertz CT molecular complexity index is 875. The van der Waals surface area contributed by atoms with Crippen LogP contribution in [-0.2, 0) is 14.3 Å². The second-order valence-corrected chi connectivity index (χ2v) is 7.76. The Labute approximate surface area is 174 Å². The highest BCUT2D eigenvalue weighted by atomic mass is 32.2. The van der Waals surface area contributed by atoms with E-state index in [1.165, 1.54) is 6.92 Å². The predicted octanol–water partition coefficient (Wildman–Crippen LogP) is 3.96. The lowest BCUT2D eigenvalue weighted by molar-refractivity contribution is -0.114.